The molecule has 2 heterocycles. The standard InChI is InChI=1S/C20H29BrN6/c1-2-22-20(23-11-15-27-12-3-10-24-27)25-19-8-13-26(14-9-19)16-17-4-6-18(21)7-5-17/h3-7,10,12,19H,2,8-9,11,13-16H2,1H3,(H2,22,23,25). The molecule has 1 aromatic carbocycles. The van der Waals surface area contributed by atoms with Crippen LogP contribution < -0.4 is 10.6 Å². The normalized spacial score (nSPS) is 16.4. The fourth-order valence-electron chi connectivity index (χ4n) is 3.29. The number of guanidine groups is 1. The molecule has 146 valence electrons. The number of rotatable bonds is 7. The van der Waals surface area contributed by atoms with Crippen molar-refractivity contribution in [3.63, 3.8) is 0 Å². The molecule has 1 saturated heterocycles. The van der Waals surface area contributed by atoms with Gasteiger partial charge in [0.05, 0.1) is 13.1 Å². The lowest BCUT2D eigenvalue weighted by atomic mass is 10.0. The Labute approximate surface area is 170 Å². The molecule has 2 aromatic rings. The van der Waals surface area contributed by atoms with Gasteiger partial charge in [-0.15, -0.1) is 0 Å². The number of aromatic nitrogens is 2. The molecule has 0 saturated carbocycles. The molecule has 0 radical (unpaired) electrons. The van der Waals surface area contributed by atoms with Crippen LogP contribution in [0.1, 0.15) is 25.3 Å². The molecule has 0 atom stereocenters. The highest BCUT2D eigenvalue weighted by Crippen LogP contribution is 2.16. The Balaban J connectivity index is 1.43. The minimum absolute atomic E-state index is 0.480. The van der Waals surface area contributed by atoms with E-state index in [9.17, 15) is 0 Å². The van der Waals surface area contributed by atoms with E-state index in [1.54, 1.807) is 6.20 Å². The van der Waals surface area contributed by atoms with Crippen molar-refractivity contribution in [3.05, 3.63) is 52.8 Å². The number of nitrogens with zero attached hydrogens (tertiary/aromatic N) is 4. The predicted octanol–water partition coefficient (Wildman–Crippen LogP) is 2.87. The summed E-state index contributed by atoms with van der Waals surface area (Å²) in [7, 11) is 0. The maximum atomic E-state index is 4.69. The Morgan fingerprint density at radius 1 is 1.26 bits per heavy atom. The van der Waals surface area contributed by atoms with E-state index in [1.165, 1.54) is 5.56 Å². The number of likely N-dealkylation sites (tertiary alicyclic amines) is 1. The van der Waals surface area contributed by atoms with E-state index in [4.69, 9.17) is 4.99 Å². The fourth-order valence-corrected chi connectivity index (χ4v) is 3.56. The first-order valence-corrected chi connectivity index (χ1v) is 10.5. The van der Waals surface area contributed by atoms with Gasteiger partial charge in [0, 0.05) is 49.1 Å². The Morgan fingerprint density at radius 2 is 2.04 bits per heavy atom. The van der Waals surface area contributed by atoms with Crippen molar-refractivity contribution in [1.82, 2.24) is 25.3 Å². The largest absolute Gasteiger partial charge is 0.357 e. The molecule has 1 fully saturated rings. The fraction of sp³-hybridized carbons (Fsp3) is 0.500. The molecule has 3 rings (SSSR count). The molecule has 27 heavy (non-hydrogen) atoms. The quantitative estimate of drug-likeness (QED) is 0.521. The monoisotopic (exact) mass is 432 g/mol. The van der Waals surface area contributed by atoms with Gasteiger partial charge in [0.2, 0.25) is 0 Å². The van der Waals surface area contributed by atoms with Gasteiger partial charge in [0.15, 0.2) is 5.96 Å². The van der Waals surface area contributed by atoms with Crippen LogP contribution >= 0.6 is 15.9 Å². The first-order valence-electron chi connectivity index (χ1n) is 9.72. The zero-order valence-corrected chi connectivity index (χ0v) is 17.5. The molecule has 1 aliphatic rings. The highest BCUT2D eigenvalue weighted by atomic mass is 79.9. The van der Waals surface area contributed by atoms with Gasteiger partial charge >= 0.3 is 0 Å². The van der Waals surface area contributed by atoms with E-state index in [2.05, 4.69) is 67.8 Å². The summed E-state index contributed by atoms with van der Waals surface area (Å²) in [4.78, 5) is 7.22. The Kier molecular flexibility index (Phi) is 7.71. The van der Waals surface area contributed by atoms with E-state index < -0.39 is 0 Å². The summed E-state index contributed by atoms with van der Waals surface area (Å²) in [5.74, 6) is 0.913. The third-order valence-corrected chi connectivity index (χ3v) is 5.28. The van der Waals surface area contributed by atoms with Crippen molar-refractivity contribution in [3.8, 4) is 0 Å². The maximum Gasteiger partial charge on any atom is 0.191 e. The van der Waals surface area contributed by atoms with Gasteiger partial charge in [-0.25, -0.2) is 0 Å². The number of aliphatic imine (C=N–C) groups is 1. The Hall–Kier alpha value is -1.86. The molecule has 0 spiro atoms. The minimum Gasteiger partial charge on any atom is -0.357 e. The summed E-state index contributed by atoms with van der Waals surface area (Å²) < 4.78 is 3.05. The highest BCUT2D eigenvalue weighted by molar-refractivity contribution is 9.10. The first kappa shape index (κ1) is 19.9. The lowest BCUT2D eigenvalue weighted by molar-refractivity contribution is 0.198. The lowest BCUT2D eigenvalue weighted by Gasteiger charge is -2.33. The molecule has 0 unspecified atom stereocenters. The second-order valence-corrected chi connectivity index (χ2v) is 7.77. The molecule has 7 heteroatoms. The number of piperidine rings is 1. The molecule has 0 amide bonds. The summed E-state index contributed by atoms with van der Waals surface area (Å²) in [6, 6.07) is 11.1. The van der Waals surface area contributed by atoms with Gasteiger partial charge < -0.3 is 10.6 Å². The third-order valence-electron chi connectivity index (χ3n) is 4.75. The molecule has 6 nitrogen and oxygen atoms in total. The van der Waals surface area contributed by atoms with E-state index >= 15 is 0 Å². The molecule has 1 aromatic heterocycles. The molecule has 0 bridgehead atoms. The topological polar surface area (TPSA) is 57.5 Å². The molecular weight excluding hydrogens is 404 g/mol. The van der Waals surface area contributed by atoms with Crippen molar-refractivity contribution < 1.29 is 0 Å². The highest BCUT2D eigenvalue weighted by Gasteiger charge is 2.20. The van der Waals surface area contributed by atoms with Crippen molar-refractivity contribution in [2.45, 2.75) is 38.9 Å². The van der Waals surface area contributed by atoms with Gasteiger partial charge in [0.1, 0.15) is 0 Å². The third kappa shape index (κ3) is 6.66. The molecule has 2 N–H and O–H groups in total. The van der Waals surface area contributed by atoms with Gasteiger partial charge in [-0.1, -0.05) is 28.1 Å². The zero-order valence-electron chi connectivity index (χ0n) is 15.9. The summed E-state index contributed by atoms with van der Waals surface area (Å²) >= 11 is 3.50. The van der Waals surface area contributed by atoms with Crippen LogP contribution in [0.25, 0.3) is 0 Å². The summed E-state index contributed by atoms with van der Waals surface area (Å²) in [5.41, 5.74) is 1.37. The van der Waals surface area contributed by atoms with Crippen LogP contribution in [-0.4, -0.2) is 52.9 Å². The van der Waals surface area contributed by atoms with E-state index in [1.807, 2.05) is 16.9 Å². The van der Waals surface area contributed by atoms with Crippen molar-refractivity contribution in [1.29, 1.82) is 0 Å². The first-order chi connectivity index (χ1) is 13.2. The SMILES string of the molecule is CCNC(=NCCn1cccn1)NC1CCN(Cc2ccc(Br)cc2)CC1. The number of halogens is 1. The Bertz CT molecular complexity index is 690. The minimum atomic E-state index is 0.480. The van der Waals surface area contributed by atoms with Gasteiger partial charge in [0.25, 0.3) is 0 Å². The van der Waals surface area contributed by atoms with Gasteiger partial charge in [-0.05, 0) is 43.5 Å². The van der Waals surface area contributed by atoms with Crippen molar-refractivity contribution in [2.24, 2.45) is 4.99 Å². The van der Waals surface area contributed by atoms with Crippen molar-refractivity contribution in [2.75, 3.05) is 26.2 Å². The van der Waals surface area contributed by atoms with Gasteiger partial charge in [-0.2, -0.15) is 5.10 Å². The van der Waals surface area contributed by atoms with Crippen LogP contribution in [0.3, 0.4) is 0 Å². The smallest absolute Gasteiger partial charge is 0.191 e. The zero-order chi connectivity index (χ0) is 18.9. The van der Waals surface area contributed by atoms with Crippen LogP contribution in [0.2, 0.25) is 0 Å². The maximum absolute atomic E-state index is 4.69. The van der Waals surface area contributed by atoms with E-state index in [0.717, 1.165) is 62.5 Å². The van der Waals surface area contributed by atoms with E-state index in [0.29, 0.717) is 6.04 Å². The number of benzene rings is 1. The van der Waals surface area contributed by atoms with Crippen LogP contribution in [0, 0.1) is 0 Å². The van der Waals surface area contributed by atoms with Gasteiger partial charge in [-0.3, -0.25) is 14.6 Å². The van der Waals surface area contributed by atoms with Crippen molar-refractivity contribution >= 4 is 21.9 Å². The van der Waals surface area contributed by atoms with Crippen LogP contribution in [-0.2, 0) is 13.1 Å². The summed E-state index contributed by atoms with van der Waals surface area (Å²) in [5, 5.41) is 11.2. The Morgan fingerprint density at radius 3 is 2.70 bits per heavy atom. The molecule has 1 aliphatic heterocycles. The van der Waals surface area contributed by atoms with E-state index in [-0.39, 0.29) is 0 Å². The second kappa shape index (κ2) is 10.5. The summed E-state index contributed by atoms with van der Waals surface area (Å²) in [6.45, 7) is 7.75. The average Bonchev–Trinajstić information content (AvgIpc) is 3.19. The lowest BCUT2D eigenvalue weighted by Crippen LogP contribution is -2.48. The number of nitrogens with one attached hydrogen (secondary N) is 2. The molecular formula is C20H29BrN6. The van der Waals surface area contributed by atoms with Crippen LogP contribution in [0.5, 0.6) is 0 Å². The predicted molar refractivity (Wildman–Crippen MR) is 114 cm³/mol. The average molecular weight is 433 g/mol. The summed E-state index contributed by atoms with van der Waals surface area (Å²) in [6.07, 6.45) is 6.05. The van der Waals surface area contributed by atoms with Crippen LogP contribution in [0.4, 0.5) is 0 Å². The number of hydrogen-bond acceptors (Lipinski definition) is 3. The van der Waals surface area contributed by atoms with Crippen LogP contribution in [0.15, 0.2) is 52.2 Å². The second-order valence-electron chi connectivity index (χ2n) is 6.85. The number of hydrogen-bond donors (Lipinski definition) is 2. The molecule has 0 aliphatic carbocycles.